The van der Waals surface area contributed by atoms with Crippen molar-refractivity contribution in [3.05, 3.63) is 65.7 Å². The van der Waals surface area contributed by atoms with Crippen LogP contribution >= 0.6 is 0 Å². The minimum atomic E-state index is -0.260. The summed E-state index contributed by atoms with van der Waals surface area (Å²) in [6, 6.07) is 14.3. The van der Waals surface area contributed by atoms with Gasteiger partial charge < -0.3 is 4.40 Å². The highest BCUT2D eigenvalue weighted by atomic mass is 19.1. The van der Waals surface area contributed by atoms with Gasteiger partial charge in [0.2, 0.25) is 0 Å². The summed E-state index contributed by atoms with van der Waals surface area (Å²) in [7, 11) is 2.02. The van der Waals surface area contributed by atoms with Gasteiger partial charge in [-0.2, -0.15) is 0 Å². The summed E-state index contributed by atoms with van der Waals surface area (Å²) >= 11 is 0. The molecule has 6 aromatic rings. The zero-order valence-corrected chi connectivity index (χ0v) is 16.9. The van der Waals surface area contributed by atoms with Gasteiger partial charge in [0, 0.05) is 22.2 Å². The highest BCUT2D eigenvalue weighted by Gasteiger charge is 2.24. The Labute approximate surface area is 167 Å². The third-order valence-electron chi connectivity index (χ3n) is 6.33. The van der Waals surface area contributed by atoms with Crippen LogP contribution in [-0.4, -0.2) is 9.38 Å². The van der Waals surface area contributed by atoms with E-state index in [9.17, 15) is 4.39 Å². The molecule has 3 aromatic heterocycles. The lowest BCUT2D eigenvalue weighted by Crippen LogP contribution is -2.30. The molecular weight excluding hydrogens is 361 g/mol. The molecule has 29 heavy (non-hydrogen) atoms. The fraction of sp³-hybridized carbons (Fsp3) is 0.200. The van der Waals surface area contributed by atoms with Gasteiger partial charge in [-0.05, 0) is 47.2 Å². The number of halogens is 1. The molecule has 0 saturated heterocycles. The lowest BCUT2D eigenvalue weighted by molar-refractivity contribution is -0.646. The first kappa shape index (κ1) is 16.7. The molecule has 3 nitrogen and oxygen atoms in total. The maximum absolute atomic E-state index is 14.6. The standard InChI is InChI=1S/C25H21FN3/c1-13(2)15-6-8-20-18(9-15)17-7-5-14(3)22-24(17)29(20)21-11-16(26)10-19-23(21)25(22)28(4)12-27-19/h5-13H,1-4H3/q+1. The molecule has 3 heterocycles. The molecule has 0 aliphatic rings. The highest BCUT2D eigenvalue weighted by Crippen LogP contribution is 2.41. The molecule has 0 saturated carbocycles. The molecule has 142 valence electrons. The highest BCUT2D eigenvalue weighted by molar-refractivity contribution is 6.25. The Bertz CT molecular complexity index is 1610. The number of hydrogen-bond acceptors (Lipinski definition) is 1. The maximum atomic E-state index is 14.6. The predicted molar refractivity (Wildman–Crippen MR) is 116 cm³/mol. The minimum Gasteiger partial charge on any atom is -0.307 e. The Morgan fingerprint density at radius 3 is 2.59 bits per heavy atom. The van der Waals surface area contributed by atoms with Crippen molar-refractivity contribution in [2.24, 2.45) is 7.05 Å². The van der Waals surface area contributed by atoms with Crippen LogP contribution in [-0.2, 0) is 7.05 Å². The van der Waals surface area contributed by atoms with E-state index in [1.54, 1.807) is 12.4 Å². The Hall–Kier alpha value is -3.27. The number of rotatable bonds is 1. The zero-order valence-electron chi connectivity index (χ0n) is 16.9. The molecular formula is C25H21FN3+. The lowest BCUT2D eigenvalue weighted by Gasteiger charge is -2.12. The van der Waals surface area contributed by atoms with Crippen molar-refractivity contribution in [3.63, 3.8) is 0 Å². The molecule has 0 amide bonds. The summed E-state index contributed by atoms with van der Waals surface area (Å²) in [5, 5.41) is 4.64. The van der Waals surface area contributed by atoms with Crippen molar-refractivity contribution in [2.75, 3.05) is 0 Å². The smallest absolute Gasteiger partial charge is 0.287 e. The summed E-state index contributed by atoms with van der Waals surface area (Å²) < 4.78 is 18.9. The molecule has 0 atom stereocenters. The van der Waals surface area contributed by atoms with Crippen molar-refractivity contribution in [1.82, 2.24) is 9.38 Å². The largest absolute Gasteiger partial charge is 0.307 e. The number of hydrogen-bond donors (Lipinski definition) is 0. The second kappa shape index (κ2) is 5.41. The average molecular weight is 382 g/mol. The minimum absolute atomic E-state index is 0.260. The van der Waals surface area contributed by atoms with E-state index in [1.165, 1.54) is 33.4 Å². The lowest BCUT2D eigenvalue weighted by atomic mass is 9.99. The van der Waals surface area contributed by atoms with Gasteiger partial charge in [-0.3, -0.25) is 0 Å². The topological polar surface area (TPSA) is 21.2 Å². The summed E-state index contributed by atoms with van der Waals surface area (Å²) in [5.41, 5.74) is 7.45. The van der Waals surface area contributed by atoms with Gasteiger partial charge in [-0.1, -0.05) is 32.0 Å². The van der Waals surface area contributed by atoms with E-state index in [2.05, 4.69) is 65.1 Å². The van der Waals surface area contributed by atoms with E-state index in [1.807, 2.05) is 7.05 Å². The molecule has 3 aromatic carbocycles. The van der Waals surface area contributed by atoms with E-state index in [-0.39, 0.29) is 5.82 Å². The fourth-order valence-electron chi connectivity index (χ4n) is 4.92. The Morgan fingerprint density at radius 2 is 1.79 bits per heavy atom. The van der Waals surface area contributed by atoms with Crippen LogP contribution in [0.2, 0.25) is 0 Å². The number of nitrogens with zero attached hydrogens (tertiary/aromatic N) is 3. The number of benzene rings is 3. The van der Waals surface area contributed by atoms with Crippen molar-refractivity contribution >= 4 is 49.1 Å². The molecule has 4 heteroatoms. The third kappa shape index (κ3) is 2.01. The van der Waals surface area contributed by atoms with E-state index in [0.717, 1.165) is 27.5 Å². The van der Waals surface area contributed by atoms with Gasteiger partial charge in [0.25, 0.3) is 6.33 Å². The monoisotopic (exact) mass is 382 g/mol. The van der Waals surface area contributed by atoms with Gasteiger partial charge in [0.1, 0.15) is 11.3 Å². The molecule has 6 rings (SSSR count). The first-order valence-electron chi connectivity index (χ1n) is 10.0. The molecule has 0 fully saturated rings. The Balaban J connectivity index is 2.05. The summed E-state index contributed by atoms with van der Waals surface area (Å²) in [6.07, 6.45) is 1.79. The predicted octanol–water partition coefficient (Wildman–Crippen LogP) is 5.78. The molecule has 0 aliphatic carbocycles. The summed E-state index contributed by atoms with van der Waals surface area (Å²) in [5.74, 6) is 0.192. The van der Waals surface area contributed by atoms with Crippen molar-refractivity contribution < 1.29 is 8.96 Å². The van der Waals surface area contributed by atoms with Crippen LogP contribution in [0.25, 0.3) is 49.1 Å². The first-order chi connectivity index (χ1) is 14.0. The van der Waals surface area contributed by atoms with E-state index in [4.69, 9.17) is 0 Å². The Kier molecular flexibility index (Phi) is 3.11. The van der Waals surface area contributed by atoms with Crippen LogP contribution < -0.4 is 4.57 Å². The second-order valence-electron chi connectivity index (χ2n) is 8.44. The SMILES string of the molecule is Cc1ccc2c3cc(C(C)C)ccc3n3c4cc(F)cc5nc[n+](C)c(c1c23)c54. The van der Waals surface area contributed by atoms with Crippen molar-refractivity contribution in [2.45, 2.75) is 26.7 Å². The van der Waals surface area contributed by atoms with Gasteiger partial charge in [-0.15, -0.1) is 0 Å². The van der Waals surface area contributed by atoms with Gasteiger partial charge >= 0.3 is 0 Å². The van der Waals surface area contributed by atoms with E-state index >= 15 is 0 Å². The molecule has 0 radical (unpaired) electrons. The van der Waals surface area contributed by atoms with Gasteiger partial charge in [-0.25, -0.2) is 8.96 Å². The van der Waals surface area contributed by atoms with Gasteiger partial charge in [0.15, 0.2) is 5.52 Å². The van der Waals surface area contributed by atoms with E-state index < -0.39 is 0 Å². The maximum Gasteiger partial charge on any atom is 0.287 e. The number of aryl methyl sites for hydroxylation is 2. The van der Waals surface area contributed by atoms with Crippen LogP contribution in [0.5, 0.6) is 0 Å². The molecule has 0 unspecified atom stereocenters. The summed E-state index contributed by atoms with van der Waals surface area (Å²) in [6.45, 7) is 6.58. The third-order valence-corrected chi connectivity index (χ3v) is 6.33. The van der Waals surface area contributed by atoms with Crippen LogP contribution in [0, 0.1) is 12.7 Å². The molecule has 0 N–H and O–H groups in total. The van der Waals surface area contributed by atoms with Crippen LogP contribution in [0.4, 0.5) is 4.39 Å². The molecule has 0 spiro atoms. The average Bonchev–Trinajstić information content (AvgIpc) is 3.02. The first-order valence-corrected chi connectivity index (χ1v) is 10.0. The van der Waals surface area contributed by atoms with Crippen molar-refractivity contribution in [3.8, 4) is 0 Å². The zero-order chi connectivity index (χ0) is 20.0. The normalized spacial score (nSPS) is 12.6. The molecule has 0 aliphatic heterocycles. The van der Waals surface area contributed by atoms with Crippen LogP contribution in [0.3, 0.4) is 0 Å². The van der Waals surface area contributed by atoms with Crippen molar-refractivity contribution in [1.29, 1.82) is 0 Å². The number of aromatic nitrogens is 3. The van der Waals surface area contributed by atoms with Crippen LogP contribution in [0.1, 0.15) is 30.9 Å². The van der Waals surface area contributed by atoms with Crippen LogP contribution in [0.15, 0.2) is 48.8 Å². The number of pyridine rings is 1. The Morgan fingerprint density at radius 1 is 0.966 bits per heavy atom. The quantitative estimate of drug-likeness (QED) is 0.201. The molecule has 0 bridgehead atoms. The van der Waals surface area contributed by atoms with E-state index in [0.29, 0.717) is 11.4 Å². The number of fused-ring (bicyclic) bond motifs is 5. The fourth-order valence-corrected chi connectivity index (χ4v) is 4.92. The summed E-state index contributed by atoms with van der Waals surface area (Å²) in [4.78, 5) is 4.52. The van der Waals surface area contributed by atoms with Gasteiger partial charge in [0.05, 0.1) is 29.0 Å². The second-order valence-corrected chi connectivity index (χ2v) is 8.44.